The standard InChI is InChI=1S/C60H109NO5/c1-4-7-10-13-16-19-22-25-28-29-30-32-35-38-41-44-47-50-53-60(65)66-56(51-48-45-42-39-36-33-27-24-21-18-15-12-9-6-3)54-59(64)61-57(55-62)58(63)52-49-46-43-40-37-34-31-26-23-20-17-14-11-8-5-2/h9,12,18,21,27-30,32-33,56-58,62-63H,4-8,10-11,13-17,19-20,22-26,31,34-55H2,1-3H3,(H,61,64)/b12-9+,21-18+,29-28+,32-30+,33-27+. The highest BCUT2D eigenvalue weighted by atomic mass is 16.5. The van der Waals surface area contributed by atoms with Crippen LogP contribution in [0.25, 0.3) is 0 Å². The normalized spacial score (nSPS) is 13.6. The first-order valence-electron chi connectivity index (χ1n) is 28.5. The van der Waals surface area contributed by atoms with Crippen LogP contribution in [0.2, 0.25) is 0 Å². The molecular weight excluding hydrogens is 815 g/mol. The Morgan fingerprint density at radius 1 is 0.470 bits per heavy atom. The molecule has 0 radical (unpaired) electrons. The van der Waals surface area contributed by atoms with E-state index in [4.69, 9.17) is 4.74 Å². The van der Waals surface area contributed by atoms with E-state index in [1.165, 1.54) is 128 Å². The smallest absolute Gasteiger partial charge is 0.306 e. The summed E-state index contributed by atoms with van der Waals surface area (Å²) in [5, 5.41) is 23.9. The number of esters is 1. The van der Waals surface area contributed by atoms with Gasteiger partial charge in [0.05, 0.1) is 25.2 Å². The Hall–Kier alpha value is -2.44. The van der Waals surface area contributed by atoms with E-state index in [-0.39, 0.29) is 24.9 Å². The molecule has 0 aromatic heterocycles. The zero-order valence-electron chi connectivity index (χ0n) is 43.8. The van der Waals surface area contributed by atoms with Crippen LogP contribution in [0.5, 0.6) is 0 Å². The van der Waals surface area contributed by atoms with Gasteiger partial charge in [-0.05, 0) is 83.5 Å². The van der Waals surface area contributed by atoms with Crippen molar-refractivity contribution in [2.75, 3.05) is 6.61 Å². The monoisotopic (exact) mass is 924 g/mol. The van der Waals surface area contributed by atoms with Crippen LogP contribution in [0.1, 0.15) is 284 Å². The molecule has 3 unspecified atom stereocenters. The van der Waals surface area contributed by atoms with Crippen molar-refractivity contribution in [1.82, 2.24) is 5.32 Å². The van der Waals surface area contributed by atoms with Gasteiger partial charge in [0, 0.05) is 6.42 Å². The summed E-state index contributed by atoms with van der Waals surface area (Å²) in [4.78, 5) is 26.3. The SMILES string of the molecule is CC/C=C/C/C=C/C/C=C/CCCCCCC(CC(=O)NC(CO)C(O)CCCCCCCCCCCCCCCCC)OC(=O)CCCCCCC/C=C/C=C/CCCCCCCCC. The molecule has 3 N–H and O–H groups in total. The van der Waals surface area contributed by atoms with E-state index < -0.39 is 18.2 Å². The Kier molecular flexibility index (Phi) is 51.5. The summed E-state index contributed by atoms with van der Waals surface area (Å²) in [6, 6.07) is -0.714. The molecule has 0 aliphatic carbocycles. The fourth-order valence-electron chi connectivity index (χ4n) is 8.55. The van der Waals surface area contributed by atoms with E-state index >= 15 is 0 Å². The van der Waals surface area contributed by atoms with E-state index in [2.05, 4.69) is 86.8 Å². The highest BCUT2D eigenvalue weighted by Crippen LogP contribution is 2.18. The number of hydrogen-bond acceptors (Lipinski definition) is 5. The van der Waals surface area contributed by atoms with Crippen molar-refractivity contribution >= 4 is 11.9 Å². The highest BCUT2D eigenvalue weighted by Gasteiger charge is 2.24. The number of unbranched alkanes of at least 4 members (excludes halogenated alkanes) is 30. The topological polar surface area (TPSA) is 95.9 Å². The van der Waals surface area contributed by atoms with E-state index in [0.29, 0.717) is 19.3 Å². The van der Waals surface area contributed by atoms with Crippen LogP contribution >= 0.6 is 0 Å². The third kappa shape index (κ3) is 48.0. The average molecular weight is 925 g/mol. The van der Waals surface area contributed by atoms with Gasteiger partial charge in [0.25, 0.3) is 0 Å². The lowest BCUT2D eigenvalue weighted by Crippen LogP contribution is -2.46. The maximum absolute atomic E-state index is 13.3. The molecule has 3 atom stereocenters. The van der Waals surface area contributed by atoms with Crippen LogP contribution in [0.3, 0.4) is 0 Å². The Morgan fingerprint density at radius 3 is 1.33 bits per heavy atom. The lowest BCUT2D eigenvalue weighted by atomic mass is 10.0. The van der Waals surface area contributed by atoms with Gasteiger partial charge in [-0.15, -0.1) is 0 Å². The highest BCUT2D eigenvalue weighted by molar-refractivity contribution is 5.77. The Balaban J connectivity index is 4.59. The summed E-state index contributed by atoms with van der Waals surface area (Å²) in [6.45, 7) is 6.38. The van der Waals surface area contributed by atoms with E-state index in [1.54, 1.807) is 0 Å². The van der Waals surface area contributed by atoms with Gasteiger partial charge in [-0.3, -0.25) is 9.59 Å². The summed E-state index contributed by atoms with van der Waals surface area (Å²) >= 11 is 0. The molecule has 0 rings (SSSR count). The van der Waals surface area contributed by atoms with Gasteiger partial charge in [0.2, 0.25) is 5.91 Å². The van der Waals surface area contributed by atoms with Crippen LogP contribution in [-0.4, -0.2) is 46.9 Å². The maximum Gasteiger partial charge on any atom is 0.306 e. The molecule has 0 fully saturated rings. The summed E-state index contributed by atoms with van der Waals surface area (Å²) in [6.07, 6.45) is 67.1. The molecule has 0 saturated carbocycles. The predicted octanol–water partition coefficient (Wildman–Crippen LogP) is 17.6. The van der Waals surface area contributed by atoms with Gasteiger partial charge in [-0.2, -0.15) is 0 Å². The first-order chi connectivity index (χ1) is 32.5. The number of rotatable bonds is 51. The minimum atomic E-state index is -0.799. The van der Waals surface area contributed by atoms with Gasteiger partial charge in [0.1, 0.15) is 6.10 Å². The van der Waals surface area contributed by atoms with Gasteiger partial charge >= 0.3 is 5.97 Å². The number of amides is 1. The van der Waals surface area contributed by atoms with Crippen LogP contribution in [-0.2, 0) is 14.3 Å². The first kappa shape index (κ1) is 63.6. The van der Waals surface area contributed by atoms with Crippen molar-refractivity contribution in [3.05, 3.63) is 60.8 Å². The molecule has 0 heterocycles. The van der Waals surface area contributed by atoms with Crippen molar-refractivity contribution in [3.63, 3.8) is 0 Å². The van der Waals surface area contributed by atoms with Crippen LogP contribution in [0.15, 0.2) is 60.8 Å². The van der Waals surface area contributed by atoms with Crippen LogP contribution in [0.4, 0.5) is 0 Å². The minimum absolute atomic E-state index is 0.0558. The first-order valence-corrected chi connectivity index (χ1v) is 28.5. The number of allylic oxidation sites excluding steroid dienone is 10. The summed E-state index contributed by atoms with van der Waals surface area (Å²) < 4.78 is 5.94. The number of aliphatic hydroxyl groups is 2. The van der Waals surface area contributed by atoms with Gasteiger partial charge in [-0.1, -0.05) is 248 Å². The minimum Gasteiger partial charge on any atom is -0.462 e. The van der Waals surface area contributed by atoms with E-state index in [1.807, 2.05) is 0 Å². The molecule has 0 bridgehead atoms. The largest absolute Gasteiger partial charge is 0.462 e. The molecule has 384 valence electrons. The predicted molar refractivity (Wildman–Crippen MR) is 287 cm³/mol. The second kappa shape index (κ2) is 53.5. The molecule has 0 aliphatic heterocycles. The van der Waals surface area contributed by atoms with Gasteiger partial charge < -0.3 is 20.3 Å². The van der Waals surface area contributed by atoms with Crippen molar-refractivity contribution in [1.29, 1.82) is 0 Å². The van der Waals surface area contributed by atoms with E-state index in [0.717, 1.165) is 109 Å². The molecule has 6 nitrogen and oxygen atoms in total. The molecule has 0 saturated heterocycles. The molecule has 0 aliphatic rings. The number of nitrogens with one attached hydrogen (secondary N) is 1. The zero-order valence-corrected chi connectivity index (χ0v) is 43.8. The van der Waals surface area contributed by atoms with Crippen LogP contribution in [0, 0.1) is 0 Å². The molecule has 0 aromatic carbocycles. The van der Waals surface area contributed by atoms with Gasteiger partial charge in [0.15, 0.2) is 0 Å². The third-order valence-electron chi connectivity index (χ3n) is 12.9. The lowest BCUT2D eigenvalue weighted by Gasteiger charge is -2.24. The summed E-state index contributed by atoms with van der Waals surface area (Å²) in [5.41, 5.74) is 0. The molecule has 0 spiro atoms. The van der Waals surface area contributed by atoms with Gasteiger partial charge in [-0.25, -0.2) is 0 Å². The summed E-state index contributed by atoms with van der Waals surface area (Å²) in [7, 11) is 0. The molecule has 1 amide bonds. The third-order valence-corrected chi connectivity index (χ3v) is 12.9. The zero-order chi connectivity index (χ0) is 48.1. The molecule has 0 aromatic rings. The van der Waals surface area contributed by atoms with Crippen molar-refractivity contribution in [2.45, 2.75) is 302 Å². The fraction of sp³-hybridized carbons (Fsp3) is 0.800. The van der Waals surface area contributed by atoms with Crippen molar-refractivity contribution < 1.29 is 24.5 Å². The second-order valence-corrected chi connectivity index (χ2v) is 19.3. The second-order valence-electron chi connectivity index (χ2n) is 19.3. The number of ether oxygens (including phenoxy) is 1. The van der Waals surface area contributed by atoms with E-state index in [9.17, 15) is 19.8 Å². The number of hydrogen-bond donors (Lipinski definition) is 3. The van der Waals surface area contributed by atoms with Crippen molar-refractivity contribution in [2.24, 2.45) is 0 Å². The molecule has 6 heteroatoms. The molecule has 66 heavy (non-hydrogen) atoms. The van der Waals surface area contributed by atoms with Crippen LogP contribution < -0.4 is 5.32 Å². The van der Waals surface area contributed by atoms with Crippen molar-refractivity contribution in [3.8, 4) is 0 Å². The average Bonchev–Trinajstić information content (AvgIpc) is 3.31. The summed E-state index contributed by atoms with van der Waals surface area (Å²) in [5.74, 6) is -0.507. The number of aliphatic hydroxyl groups excluding tert-OH is 2. The number of carbonyl (C=O) groups excluding carboxylic acids is 2. The number of carbonyl (C=O) groups is 2. The maximum atomic E-state index is 13.3. The Morgan fingerprint density at radius 2 is 0.864 bits per heavy atom. The Labute approximate surface area is 409 Å². The fourth-order valence-corrected chi connectivity index (χ4v) is 8.55. The quantitative estimate of drug-likeness (QED) is 0.0244. The lowest BCUT2D eigenvalue weighted by molar-refractivity contribution is -0.151. The Bertz CT molecular complexity index is 1170. The molecular formula is C60H109NO5.